The second kappa shape index (κ2) is 6.38. The minimum Gasteiger partial charge on any atom is -0.506 e. The van der Waals surface area contributed by atoms with Crippen LogP contribution in [0.3, 0.4) is 0 Å². The molecule has 0 radical (unpaired) electrons. The van der Waals surface area contributed by atoms with Gasteiger partial charge in [0.2, 0.25) is 5.91 Å². The molecule has 0 fully saturated rings. The first-order valence-corrected chi connectivity index (χ1v) is 5.52. The number of pyridine rings is 1. The molecule has 0 aliphatic heterocycles. The van der Waals surface area contributed by atoms with E-state index < -0.39 is 24.7 Å². The first-order chi connectivity index (χ1) is 9.20. The summed E-state index contributed by atoms with van der Waals surface area (Å²) in [7, 11) is 1.14. The van der Waals surface area contributed by atoms with E-state index in [1.807, 2.05) is 0 Å². The van der Waals surface area contributed by atoms with Crippen molar-refractivity contribution >= 4 is 12.0 Å². The highest BCUT2D eigenvalue weighted by Crippen LogP contribution is 2.20. The summed E-state index contributed by atoms with van der Waals surface area (Å²) in [5, 5.41) is 18.0. The van der Waals surface area contributed by atoms with E-state index in [4.69, 9.17) is 10.2 Å². The van der Waals surface area contributed by atoms with Gasteiger partial charge in [-0.15, -0.1) is 0 Å². The first kappa shape index (κ1) is 16.0. The lowest BCUT2D eigenvalue weighted by Crippen LogP contribution is -2.41. The molecule has 1 rings (SSSR count). The van der Waals surface area contributed by atoms with E-state index in [1.165, 1.54) is 24.5 Å². The maximum Gasteiger partial charge on any atom is 0.416 e. The molecule has 2 N–H and O–H groups in total. The molecule has 5 nitrogen and oxygen atoms in total. The summed E-state index contributed by atoms with van der Waals surface area (Å²) in [5.74, 6) is -0.808. The molecule has 0 aromatic carbocycles. The van der Waals surface area contributed by atoms with Crippen molar-refractivity contribution in [2.24, 2.45) is 0 Å². The number of nitrogens with zero attached hydrogens (tertiary/aromatic N) is 2. The van der Waals surface area contributed by atoms with Crippen molar-refractivity contribution in [1.29, 1.82) is 0 Å². The van der Waals surface area contributed by atoms with Crippen LogP contribution in [0.5, 0.6) is 5.75 Å². The molecule has 0 spiro atoms. The predicted octanol–water partition coefficient (Wildman–Crippen LogP) is 1.18. The Hall–Kier alpha value is -2.09. The molecule has 0 aliphatic rings. The summed E-state index contributed by atoms with van der Waals surface area (Å²) in [5.41, 5.74) is 0.420. The molecular weight excluding hydrogens is 277 g/mol. The normalized spacial score (nSPS) is 13.4. The van der Waals surface area contributed by atoms with Crippen molar-refractivity contribution < 1.29 is 28.2 Å². The molecule has 0 saturated carbocycles. The zero-order valence-electron chi connectivity index (χ0n) is 10.5. The van der Waals surface area contributed by atoms with Crippen molar-refractivity contribution in [2.75, 3.05) is 13.6 Å². The number of alkyl halides is 3. The average Bonchev–Trinajstić information content (AvgIpc) is 2.34. The van der Waals surface area contributed by atoms with Gasteiger partial charge in [-0.05, 0) is 17.7 Å². The summed E-state index contributed by atoms with van der Waals surface area (Å²) < 4.78 is 36.4. The number of carbonyl (C=O) groups is 1. The second-order valence-corrected chi connectivity index (χ2v) is 4.09. The number of aromatic nitrogens is 1. The number of carbonyl (C=O) groups excluding carboxylic acids is 1. The third kappa shape index (κ3) is 4.88. The van der Waals surface area contributed by atoms with Crippen LogP contribution in [0.2, 0.25) is 0 Å². The van der Waals surface area contributed by atoms with Crippen LogP contribution >= 0.6 is 0 Å². The zero-order valence-corrected chi connectivity index (χ0v) is 10.5. The maximum absolute atomic E-state index is 12.1. The maximum atomic E-state index is 12.1. The molecule has 8 heteroatoms. The monoisotopic (exact) mass is 290 g/mol. The SMILES string of the molecule is CN(CC(O)C(F)(F)F)C(=O)/C=C/c1cncc(O)c1. The van der Waals surface area contributed by atoms with Crippen LogP contribution in [0.1, 0.15) is 5.56 Å². The highest BCUT2D eigenvalue weighted by Gasteiger charge is 2.39. The molecular formula is C12H13F3N2O3. The lowest BCUT2D eigenvalue weighted by Gasteiger charge is -2.21. The van der Waals surface area contributed by atoms with Gasteiger partial charge in [-0.2, -0.15) is 13.2 Å². The van der Waals surface area contributed by atoms with Crippen LogP contribution in [0.4, 0.5) is 13.2 Å². The minimum atomic E-state index is -4.77. The molecule has 1 atom stereocenters. The van der Waals surface area contributed by atoms with Crippen molar-refractivity contribution in [2.45, 2.75) is 12.3 Å². The molecule has 110 valence electrons. The molecule has 1 aromatic heterocycles. The molecule has 1 unspecified atom stereocenters. The number of hydrogen-bond donors (Lipinski definition) is 2. The lowest BCUT2D eigenvalue weighted by molar-refractivity contribution is -0.207. The average molecular weight is 290 g/mol. The van der Waals surface area contributed by atoms with E-state index in [9.17, 15) is 18.0 Å². The van der Waals surface area contributed by atoms with E-state index in [0.29, 0.717) is 5.56 Å². The van der Waals surface area contributed by atoms with Crippen LogP contribution in [-0.4, -0.2) is 51.9 Å². The number of hydrogen-bond acceptors (Lipinski definition) is 4. The fourth-order valence-electron chi connectivity index (χ4n) is 1.28. The van der Waals surface area contributed by atoms with Crippen LogP contribution < -0.4 is 0 Å². The third-order valence-electron chi connectivity index (χ3n) is 2.36. The van der Waals surface area contributed by atoms with Crippen molar-refractivity contribution in [1.82, 2.24) is 9.88 Å². The number of halogens is 3. The number of aliphatic hydroxyl groups excluding tert-OH is 1. The number of likely N-dealkylation sites (N-methyl/N-ethyl adjacent to an activating group) is 1. The molecule has 1 heterocycles. The highest BCUT2D eigenvalue weighted by molar-refractivity contribution is 5.91. The van der Waals surface area contributed by atoms with Gasteiger partial charge in [0, 0.05) is 19.3 Å². The Bertz CT molecular complexity index is 503. The Labute approximate surface area is 113 Å². The largest absolute Gasteiger partial charge is 0.506 e. The smallest absolute Gasteiger partial charge is 0.416 e. The first-order valence-electron chi connectivity index (χ1n) is 5.52. The summed E-state index contributed by atoms with van der Waals surface area (Å²) in [4.78, 5) is 16.0. The highest BCUT2D eigenvalue weighted by atomic mass is 19.4. The van der Waals surface area contributed by atoms with Gasteiger partial charge in [0.05, 0.1) is 12.7 Å². The van der Waals surface area contributed by atoms with E-state index in [0.717, 1.165) is 18.0 Å². The third-order valence-corrected chi connectivity index (χ3v) is 2.36. The minimum absolute atomic E-state index is 0.0968. The van der Waals surface area contributed by atoms with Crippen molar-refractivity contribution in [3.8, 4) is 5.75 Å². The summed E-state index contributed by atoms with van der Waals surface area (Å²) in [6, 6.07) is 1.33. The summed E-state index contributed by atoms with van der Waals surface area (Å²) >= 11 is 0. The quantitative estimate of drug-likeness (QED) is 0.817. The van der Waals surface area contributed by atoms with Crippen LogP contribution in [0.15, 0.2) is 24.5 Å². The van der Waals surface area contributed by atoms with E-state index in [2.05, 4.69) is 4.98 Å². The molecule has 1 aromatic rings. The number of aromatic hydroxyl groups is 1. The Morgan fingerprint density at radius 2 is 2.15 bits per heavy atom. The Morgan fingerprint density at radius 3 is 2.70 bits per heavy atom. The number of aliphatic hydroxyl groups is 1. The fraction of sp³-hybridized carbons (Fsp3) is 0.333. The zero-order chi connectivity index (χ0) is 15.3. The fourth-order valence-corrected chi connectivity index (χ4v) is 1.28. The van der Waals surface area contributed by atoms with Gasteiger partial charge in [-0.25, -0.2) is 0 Å². The van der Waals surface area contributed by atoms with Gasteiger partial charge in [-0.3, -0.25) is 9.78 Å². The topological polar surface area (TPSA) is 73.7 Å². The van der Waals surface area contributed by atoms with Gasteiger partial charge in [0.25, 0.3) is 0 Å². The summed E-state index contributed by atoms with van der Waals surface area (Å²) in [6.07, 6.45) is -2.47. The Morgan fingerprint density at radius 1 is 1.50 bits per heavy atom. The van der Waals surface area contributed by atoms with Gasteiger partial charge in [0.1, 0.15) is 5.75 Å². The Kier molecular flexibility index (Phi) is 5.09. The second-order valence-electron chi connectivity index (χ2n) is 4.09. The molecule has 0 aliphatic carbocycles. The van der Waals surface area contributed by atoms with Gasteiger partial charge in [0.15, 0.2) is 6.10 Å². The number of rotatable bonds is 4. The van der Waals surface area contributed by atoms with Gasteiger partial charge in [-0.1, -0.05) is 0 Å². The van der Waals surface area contributed by atoms with E-state index >= 15 is 0 Å². The van der Waals surface area contributed by atoms with Gasteiger partial charge >= 0.3 is 6.18 Å². The standard InChI is InChI=1S/C12H13F3N2O3/c1-17(7-10(19)12(13,14)15)11(20)3-2-8-4-9(18)6-16-5-8/h2-6,10,18-19H,7H2,1H3/b3-2+. The molecule has 1 amide bonds. The lowest BCUT2D eigenvalue weighted by atomic mass is 10.2. The molecule has 20 heavy (non-hydrogen) atoms. The van der Waals surface area contributed by atoms with Crippen LogP contribution in [0, 0.1) is 0 Å². The van der Waals surface area contributed by atoms with E-state index in [1.54, 1.807) is 0 Å². The van der Waals surface area contributed by atoms with Crippen molar-refractivity contribution in [3.63, 3.8) is 0 Å². The van der Waals surface area contributed by atoms with Crippen LogP contribution in [0.25, 0.3) is 6.08 Å². The molecule has 0 saturated heterocycles. The van der Waals surface area contributed by atoms with Crippen LogP contribution in [-0.2, 0) is 4.79 Å². The summed E-state index contributed by atoms with van der Waals surface area (Å²) in [6.45, 7) is -0.856. The van der Waals surface area contributed by atoms with Gasteiger partial charge < -0.3 is 15.1 Å². The van der Waals surface area contributed by atoms with E-state index in [-0.39, 0.29) is 5.75 Å². The number of amides is 1. The van der Waals surface area contributed by atoms with Crippen molar-refractivity contribution in [3.05, 3.63) is 30.1 Å². The predicted molar refractivity (Wildman–Crippen MR) is 64.6 cm³/mol. The Balaban J connectivity index is 2.62. The molecule has 0 bridgehead atoms.